The molecule has 17 heavy (non-hydrogen) atoms. The molecule has 0 N–H and O–H groups in total. The molecule has 0 radical (unpaired) electrons. The Morgan fingerprint density at radius 1 is 1.47 bits per heavy atom. The molecule has 88 valence electrons. The Morgan fingerprint density at radius 3 is 2.94 bits per heavy atom. The van der Waals surface area contributed by atoms with Crippen LogP contribution >= 0.6 is 0 Å². The van der Waals surface area contributed by atoms with Gasteiger partial charge < -0.3 is 4.74 Å². The number of carbonyl (C=O) groups is 1. The normalized spacial score (nSPS) is 10.2. The van der Waals surface area contributed by atoms with Crippen LogP contribution in [0.1, 0.15) is 15.9 Å². The summed E-state index contributed by atoms with van der Waals surface area (Å²) in [5, 5.41) is 3.98. The Balaban J connectivity index is 2.12. The van der Waals surface area contributed by atoms with Crippen LogP contribution in [-0.4, -0.2) is 22.7 Å². The van der Waals surface area contributed by atoms with Crippen LogP contribution in [0.5, 0.6) is 5.75 Å². The molecule has 1 heterocycles. The van der Waals surface area contributed by atoms with Gasteiger partial charge in [-0.2, -0.15) is 5.10 Å². The fraction of sp³-hybridized carbons (Fsp3) is 0.231. The lowest BCUT2D eigenvalue weighted by atomic mass is 10.1. The number of hydrogen-bond acceptors (Lipinski definition) is 3. The number of carbonyl (C=O) groups excluding carboxylic acids is 1. The number of benzene rings is 1. The summed E-state index contributed by atoms with van der Waals surface area (Å²) in [5.74, 6) is 0.827. The third kappa shape index (κ3) is 2.72. The van der Waals surface area contributed by atoms with Crippen LogP contribution in [-0.2, 0) is 13.5 Å². The molecular weight excluding hydrogens is 216 g/mol. The first-order valence-electron chi connectivity index (χ1n) is 5.34. The van der Waals surface area contributed by atoms with Crippen molar-refractivity contribution < 1.29 is 9.53 Å². The first kappa shape index (κ1) is 11.4. The molecule has 0 aliphatic rings. The summed E-state index contributed by atoms with van der Waals surface area (Å²) in [6, 6.07) is 7.52. The van der Waals surface area contributed by atoms with Crippen LogP contribution in [0.4, 0.5) is 0 Å². The van der Waals surface area contributed by atoms with E-state index in [1.165, 1.54) is 0 Å². The lowest BCUT2D eigenvalue weighted by molar-refractivity contribution is 0.0993. The maximum absolute atomic E-state index is 11.9. The average Bonchev–Trinajstić information content (AvgIpc) is 2.76. The minimum atomic E-state index is 0.0614. The first-order chi connectivity index (χ1) is 8.19. The molecule has 0 bridgehead atoms. The smallest absolute Gasteiger partial charge is 0.170 e. The monoisotopic (exact) mass is 230 g/mol. The van der Waals surface area contributed by atoms with E-state index in [9.17, 15) is 4.79 Å². The van der Waals surface area contributed by atoms with Crippen molar-refractivity contribution in [2.75, 3.05) is 7.11 Å². The van der Waals surface area contributed by atoms with Gasteiger partial charge in [0.05, 0.1) is 18.9 Å². The lowest BCUT2D eigenvalue weighted by Gasteiger charge is -2.02. The zero-order valence-corrected chi connectivity index (χ0v) is 9.88. The van der Waals surface area contributed by atoms with E-state index in [4.69, 9.17) is 4.74 Å². The molecule has 0 amide bonds. The summed E-state index contributed by atoms with van der Waals surface area (Å²) in [6.45, 7) is 0. The SMILES string of the molecule is COc1cccc(CC(=O)c2cnn(C)c2)c1. The molecular formula is C13H14N2O2. The standard InChI is InChI=1S/C13H14N2O2/c1-15-9-11(8-14-15)13(16)7-10-4-3-5-12(6-10)17-2/h3-6,8-9H,7H2,1-2H3. The Hall–Kier alpha value is -2.10. The molecule has 0 atom stereocenters. The summed E-state index contributed by atoms with van der Waals surface area (Å²) in [7, 11) is 3.41. The van der Waals surface area contributed by atoms with E-state index in [0.29, 0.717) is 12.0 Å². The second-order valence-corrected chi connectivity index (χ2v) is 3.85. The van der Waals surface area contributed by atoms with Crippen molar-refractivity contribution in [3.63, 3.8) is 0 Å². The van der Waals surface area contributed by atoms with E-state index in [0.717, 1.165) is 11.3 Å². The molecule has 0 fully saturated rings. The van der Waals surface area contributed by atoms with E-state index in [1.54, 1.807) is 31.2 Å². The number of rotatable bonds is 4. The predicted molar refractivity (Wildman–Crippen MR) is 64.2 cm³/mol. The van der Waals surface area contributed by atoms with Crippen molar-refractivity contribution in [2.45, 2.75) is 6.42 Å². The highest BCUT2D eigenvalue weighted by atomic mass is 16.5. The van der Waals surface area contributed by atoms with E-state index in [2.05, 4.69) is 5.10 Å². The van der Waals surface area contributed by atoms with Crippen LogP contribution < -0.4 is 4.74 Å². The molecule has 4 nitrogen and oxygen atoms in total. The fourth-order valence-corrected chi connectivity index (χ4v) is 1.64. The summed E-state index contributed by atoms with van der Waals surface area (Å²) >= 11 is 0. The Kier molecular flexibility index (Phi) is 3.23. The molecule has 1 aromatic heterocycles. The van der Waals surface area contributed by atoms with E-state index >= 15 is 0 Å². The molecule has 2 rings (SSSR count). The quantitative estimate of drug-likeness (QED) is 0.753. The fourth-order valence-electron chi connectivity index (χ4n) is 1.64. The molecule has 0 saturated heterocycles. The lowest BCUT2D eigenvalue weighted by Crippen LogP contribution is -2.02. The van der Waals surface area contributed by atoms with Gasteiger partial charge in [0.15, 0.2) is 5.78 Å². The molecule has 0 aliphatic heterocycles. The highest BCUT2D eigenvalue weighted by Crippen LogP contribution is 2.14. The van der Waals surface area contributed by atoms with E-state index in [-0.39, 0.29) is 5.78 Å². The third-order valence-electron chi connectivity index (χ3n) is 2.53. The summed E-state index contributed by atoms with van der Waals surface area (Å²) in [5.41, 5.74) is 1.58. The summed E-state index contributed by atoms with van der Waals surface area (Å²) < 4.78 is 6.74. The Labute approximate surface area is 99.8 Å². The highest BCUT2D eigenvalue weighted by Gasteiger charge is 2.09. The average molecular weight is 230 g/mol. The van der Waals surface area contributed by atoms with Crippen molar-refractivity contribution in [3.8, 4) is 5.75 Å². The van der Waals surface area contributed by atoms with Crippen molar-refractivity contribution in [3.05, 3.63) is 47.8 Å². The number of nitrogens with zero attached hydrogens (tertiary/aromatic N) is 2. The van der Waals surface area contributed by atoms with Gasteiger partial charge in [-0.3, -0.25) is 9.48 Å². The van der Waals surface area contributed by atoms with Gasteiger partial charge in [-0.05, 0) is 17.7 Å². The molecule has 1 aromatic carbocycles. The summed E-state index contributed by atoms with van der Waals surface area (Å²) in [6.07, 6.45) is 3.67. The highest BCUT2D eigenvalue weighted by molar-refractivity contribution is 5.97. The van der Waals surface area contributed by atoms with Crippen molar-refractivity contribution in [1.82, 2.24) is 9.78 Å². The third-order valence-corrected chi connectivity index (χ3v) is 2.53. The van der Waals surface area contributed by atoms with Gasteiger partial charge >= 0.3 is 0 Å². The van der Waals surface area contributed by atoms with Gasteiger partial charge in [-0.15, -0.1) is 0 Å². The molecule has 4 heteroatoms. The Morgan fingerprint density at radius 2 is 2.29 bits per heavy atom. The number of aryl methyl sites for hydroxylation is 1. The van der Waals surface area contributed by atoms with E-state index < -0.39 is 0 Å². The minimum absolute atomic E-state index is 0.0614. The second kappa shape index (κ2) is 4.82. The number of methoxy groups -OCH3 is 1. The number of hydrogen-bond donors (Lipinski definition) is 0. The topological polar surface area (TPSA) is 44.1 Å². The number of Topliss-reactive ketones (excluding diaryl/α,β-unsaturated/α-hetero) is 1. The van der Waals surface area contributed by atoms with Gasteiger partial charge in [0, 0.05) is 19.7 Å². The zero-order valence-electron chi connectivity index (χ0n) is 9.88. The maximum atomic E-state index is 11.9. The van der Waals surface area contributed by atoms with Gasteiger partial charge in [-0.1, -0.05) is 12.1 Å². The number of ether oxygens (including phenoxy) is 1. The van der Waals surface area contributed by atoms with Crippen LogP contribution in [0.25, 0.3) is 0 Å². The van der Waals surface area contributed by atoms with Gasteiger partial charge in [0.25, 0.3) is 0 Å². The Bertz CT molecular complexity index is 532. The number of aromatic nitrogens is 2. The van der Waals surface area contributed by atoms with Crippen molar-refractivity contribution >= 4 is 5.78 Å². The van der Waals surface area contributed by atoms with Crippen LogP contribution in [0.15, 0.2) is 36.7 Å². The second-order valence-electron chi connectivity index (χ2n) is 3.85. The van der Waals surface area contributed by atoms with Crippen LogP contribution in [0.3, 0.4) is 0 Å². The van der Waals surface area contributed by atoms with Crippen LogP contribution in [0.2, 0.25) is 0 Å². The first-order valence-corrected chi connectivity index (χ1v) is 5.34. The van der Waals surface area contributed by atoms with Crippen molar-refractivity contribution in [2.24, 2.45) is 7.05 Å². The number of ketones is 1. The van der Waals surface area contributed by atoms with Crippen molar-refractivity contribution in [1.29, 1.82) is 0 Å². The molecule has 0 unspecified atom stereocenters. The van der Waals surface area contributed by atoms with Crippen LogP contribution in [0, 0.1) is 0 Å². The molecule has 0 spiro atoms. The predicted octanol–water partition coefficient (Wildman–Crippen LogP) is 1.85. The largest absolute Gasteiger partial charge is 0.497 e. The van der Waals surface area contributed by atoms with E-state index in [1.807, 2.05) is 24.3 Å². The molecule has 0 saturated carbocycles. The van der Waals surface area contributed by atoms with Gasteiger partial charge in [0.2, 0.25) is 0 Å². The summed E-state index contributed by atoms with van der Waals surface area (Å²) in [4.78, 5) is 11.9. The van der Waals surface area contributed by atoms with Gasteiger partial charge in [0.1, 0.15) is 5.75 Å². The van der Waals surface area contributed by atoms with Gasteiger partial charge in [-0.25, -0.2) is 0 Å². The zero-order chi connectivity index (χ0) is 12.3. The minimum Gasteiger partial charge on any atom is -0.497 e. The molecule has 2 aromatic rings. The maximum Gasteiger partial charge on any atom is 0.170 e. The molecule has 0 aliphatic carbocycles.